The minimum atomic E-state index is -3.38. The van der Waals surface area contributed by atoms with Crippen LogP contribution in [0.25, 0.3) is 22.3 Å². The molecule has 29 heavy (non-hydrogen) atoms. The largest absolute Gasteiger partial charge is 0.484 e. The Kier molecular flexibility index (Phi) is 5.06. The number of nitrogens with one attached hydrogen (secondary N) is 1. The summed E-state index contributed by atoms with van der Waals surface area (Å²) in [6.45, 7) is 2.36. The number of pyridine rings is 2. The van der Waals surface area contributed by atoms with Crippen LogP contribution in [0, 0.1) is 0 Å². The summed E-state index contributed by atoms with van der Waals surface area (Å²) >= 11 is 6.41. The number of hydrogen-bond acceptors (Lipinski definition) is 6. The third kappa shape index (κ3) is 4.28. The number of benzene rings is 1. The number of halogens is 1. The summed E-state index contributed by atoms with van der Waals surface area (Å²) in [4.78, 5) is 8.58. The molecule has 0 aliphatic carbocycles. The topological polar surface area (TPSA) is 90.4 Å². The zero-order chi connectivity index (χ0) is 20.6. The highest BCUT2D eigenvalue weighted by Gasteiger charge is 2.22. The first-order chi connectivity index (χ1) is 13.8. The van der Waals surface area contributed by atoms with Gasteiger partial charge in [-0.2, -0.15) is 0 Å². The Labute approximate surface area is 173 Å². The van der Waals surface area contributed by atoms with Gasteiger partial charge in [0.25, 0.3) is 5.88 Å². The van der Waals surface area contributed by atoms with Gasteiger partial charge in [-0.1, -0.05) is 17.7 Å². The van der Waals surface area contributed by atoms with E-state index in [1.54, 1.807) is 36.8 Å². The molecule has 2 aromatic heterocycles. The molecule has 0 spiro atoms. The average Bonchev–Trinajstić information content (AvgIpc) is 2.66. The molecule has 1 aliphatic rings. The number of fused-ring (bicyclic) bond motifs is 1. The van der Waals surface area contributed by atoms with Crippen molar-refractivity contribution < 1.29 is 17.9 Å². The predicted molar refractivity (Wildman–Crippen MR) is 112 cm³/mol. The van der Waals surface area contributed by atoms with Gasteiger partial charge in [0, 0.05) is 46.5 Å². The molecule has 0 saturated carbocycles. The van der Waals surface area contributed by atoms with Gasteiger partial charge in [0.15, 0.2) is 5.75 Å². The fourth-order valence-electron chi connectivity index (χ4n) is 3.07. The molecule has 9 heteroatoms. The molecular weight excluding hydrogens is 414 g/mol. The smallest absolute Gasteiger partial charge is 0.258 e. The lowest BCUT2D eigenvalue weighted by molar-refractivity contribution is 0.0984. The van der Waals surface area contributed by atoms with Crippen LogP contribution in [0.1, 0.15) is 6.92 Å². The summed E-state index contributed by atoms with van der Waals surface area (Å²) in [6.07, 6.45) is 6.12. The zero-order valence-corrected chi connectivity index (χ0v) is 17.3. The predicted octanol–water partition coefficient (Wildman–Crippen LogP) is 4.00. The number of anilines is 1. The molecule has 7 nitrogen and oxygen atoms in total. The number of sulfonamides is 1. The first-order valence-corrected chi connectivity index (χ1v) is 11.1. The average molecular weight is 432 g/mol. The van der Waals surface area contributed by atoms with Gasteiger partial charge in [0.05, 0.1) is 11.3 Å². The zero-order valence-electron chi connectivity index (χ0n) is 15.7. The van der Waals surface area contributed by atoms with Gasteiger partial charge in [0.2, 0.25) is 10.0 Å². The van der Waals surface area contributed by atoms with Crippen molar-refractivity contribution in [3.8, 4) is 33.9 Å². The Morgan fingerprint density at radius 2 is 1.90 bits per heavy atom. The van der Waals surface area contributed by atoms with Crippen LogP contribution in [0.2, 0.25) is 5.02 Å². The van der Waals surface area contributed by atoms with Gasteiger partial charge in [-0.05, 0) is 31.2 Å². The van der Waals surface area contributed by atoms with Crippen molar-refractivity contribution in [1.29, 1.82) is 0 Å². The van der Waals surface area contributed by atoms with Crippen LogP contribution in [0.15, 0.2) is 48.9 Å². The Balaban J connectivity index is 1.72. The van der Waals surface area contributed by atoms with Crippen LogP contribution in [0.4, 0.5) is 5.69 Å². The molecule has 3 heterocycles. The van der Waals surface area contributed by atoms with E-state index in [0.717, 1.165) is 28.5 Å². The minimum Gasteiger partial charge on any atom is -0.484 e. The molecule has 3 aromatic rings. The van der Waals surface area contributed by atoms with Crippen LogP contribution in [0.5, 0.6) is 11.6 Å². The van der Waals surface area contributed by atoms with E-state index in [1.165, 1.54) is 0 Å². The Hall–Kier alpha value is -2.84. The number of hydrogen-bond donors (Lipinski definition) is 1. The maximum absolute atomic E-state index is 11.4. The second kappa shape index (κ2) is 7.53. The van der Waals surface area contributed by atoms with Gasteiger partial charge in [-0.15, -0.1) is 0 Å². The van der Waals surface area contributed by atoms with E-state index in [9.17, 15) is 8.42 Å². The molecule has 0 fully saturated rings. The number of rotatable bonds is 4. The SMILES string of the molecule is CC1COc2c(-c3cncc(-c4ccc(NS(C)(=O)=O)cc4Cl)c3)ccnc2O1. The van der Waals surface area contributed by atoms with Crippen molar-refractivity contribution >= 4 is 27.3 Å². The summed E-state index contributed by atoms with van der Waals surface area (Å²) in [7, 11) is -3.38. The van der Waals surface area contributed by atoms with Gasteiger partial charge in [0.1, 0.15) is 12.7 Å². The number of aromatic nitrogens is 2. The molecule has 4 rings (SSSR count). The Morgan fingerprint density at radius 3 is 2.62 bits per heavy atom. The van der Waals surface area contributed by atoms with E-state index < -0.39 is 10.0 Å². The molecule has 1 N–H and O–H groups in total. The summed E-state index contributed by atoms with van der Waals surface area (Å²) in [6, 6.07) is 8.76. The van der Waals surface area contributed by atoms with Crippen molar-refractivity contribution in [2.45, 2.75) is 13.0 Å². The van der Waals surface area contributed by atoms with Crippen molar-refractivity contribution in [3.05, 3.63) is 53.9 Å². The summed E-state index contributed by atoms with van der Waals surface area (Å²) < 4.78 is 36.8. The van der Waals surface area contributed by atoms with Crippen LogP contribution >= 0.6 is 11.6 Å². The van der Waals surface area contributed by atoms with Gasteiger partial charge >= 0.3 is 0 Å². The lowest BCUT2D eigenvalue weighted by Crippen LogP contribution is -2.26. The first-order valence-electron chi connectivity index (χ1n) is 8.82. The fourth-order valence-corrected chi connectivity index (χ4v) is 3.91. The second-order valence-corrected chi connectivity index (χ2v) is 8.92. The first kappa shape index (κ1) is 19.5. The molecule has 1 unspecified atom stereocenters. The monoisotopic (exact) mass is 431 g/mol. The van der Waals surface area contributed by atoms with Gasteiger partial charge in [-0.3, -0.25) is 9.71 Å². The van der Waals surface area contributed by atoms with E-state index in [4.69, 9.17) is 21.1 Å². The van der Waals surface area contributed by atoms with Crippen LogP contribution < -0.4 is 14.2 Å². The van der Waals surface area contributed by atoms with E-state index >= 15 is 0 Å². The van der Waals surface area contributed by atoms with E-state index in [1.807, 2.05) is 19.1 Å². The fraction of sp³-hybridized carbons (Fsp3) is 0.200. The van der Waals surface area contributed by atoms with Crippen LogP contribution in [0.3, 0.4) is 0 Å². The lowest BCUT2D eigenvalue weighted by Gasteiger charge is -2.24. The molecule has 0 bridgehead atoms. The van der Waals surface area contributed by atoms with E-state index in [0.29, 0.717) is 28.9 Å². The maximum Gasteiger partial charge on any atom is 0.258 e. The maximum atomic E-state index is 11.4. The van der Waals surface area contributed by atoms with Gasteiger partial charge < -0.3 is 9.47 Å². The highest BCUT2D eigenvalue weighted by atomic mass is 35.5. The minimum absolute atomic E-state index is 0.0624. The molecule has 1 atom stereocenters. The third-order valence-corrected chi connectivity index (χ3v) is 5.20. The quantitative estimate of drug-likeness (QED) is 0.671. The molecule has 0 saturated heterocycles. The van der Waals surface area contributed by atoms with Crippen molar-refractivity contribution in [1.82, 2.24) is 9.97 Å². The normalized spacial score (nSPS) is 15.8. The molecule has 1 aliphatic heterocycles. The molecule has 150 valence electrons. The standard InChI is InChI=1S/C20H18ClN3O4S/c1-12-11-27-19-17(5-6-23-20(19)28-12)14-7-13(9-22-10-14)16-4-3-15(8-18(16)21)24-29(2,25)26/h3-10,12,24H,11H2,1-2H3. The molecule has 1 aromatic carbocycles. The molecule has 0 amide bonds. The highest BCUT2D eigenvalue weighted by Crippen LogP contribution is 2.40. The Bertz CT molecular complexity index is 1180. The molecular formula is C20H18ClN3O4S. The van der Waals surface area contributed by atoms with Crippen LogP contribution in [-0.2, 0) is 10.0 Å². The Morgan fingerprint density at radius 1 is 1.14 bits per heavy atom. The van der Waals surface area contributed by atoms with Crippen molar-refractivity contribution in [2.75, 3.05) is 17.6 Å². The van der Waals surface area contributed by atoms with Crippen molar-refractivity contribution in [2.24, 2.45) is 0 Å². The van der Waals surface area contributed by atoms with Crippen LogP contribution in [-0.4, -0.2) is 37.4 Å². The highest BCUT2D eigenvalue weighted by molar-refractivity contribution is 7.92. The molecule has 0 radical (unpaired) electrons. The van der Waals surface area contributed by atoms with Gasteiger partial charge in [-0.25, -0.2) is 13.4 Å². The number of nitrogens with zero attached hydrogens (tertiary/aromatic N) is 2. The van der Waals surface area contributed by atoms with E-state index in [-0.39, 0.29) is 6.10 Å². The second-order valence-electron chi connectivity index (χ2n) is 6.76. The van der Waals surface area contributed by atoms with E-state index in [2.05, 4.69) is 14.7 Å². The lowest BCUT2D eigenvalue weighted by atomic mass is 10.0. The summed E-state index contributed by atoms with van der Waals surface area (Å²) in [5.41, 5.74) is 3.56. The number of ether oxygens (including phenoxy) is 2. The van der Waals surface area contributed by atoms with Crippen molar-refractivity contribution in [3.63, 3.8) is 0 Å². The summed E-state index contributed by atoms with van der Waals surface area (Å²) in [5.74, 6) is 1.05. The third-order valence-electron chi connectivity index (χ3n) is 4.28. The summed E-state index contributed by atoms with van der Waals surface area (Å²) in [5, 5.41) is 0.405.